The number of fused-ring (bicyclic) bond motifs is 1. The van der Waals surface area contributed by atoms with Crippen molar-refractivity contribution in [2.45, 2.75) is 44.5 Å². The van der Waals surface area contributed by atoms with Gasteiger partial charge in [0.2, 0.25) is 12.2 Å². The summed E-state index contributed by atoms with van der Waals surface area (Å²) >= 11 is 0. The van der Waals surface area contributed by atoms with Gasteiger partial charge in [0, 0.05) is 24.4 Å². The highest BCUT2D eigenvalue weighted by Crippen LogP contribution is 2.31. The first-order chi connectivity index (χ1) is 22.4. The lowest BCUT2D eigenvalue weighted by Gasteiger charge is -2.45. The monoisotopic (exact) mass is 667 g/mol. The molecular formula is C32H29NO13S. The van der Waals surface area contributed by atoms with Crippen LogP contribution in [0.15, 0.2) is 94.1 Å². The van der Waals surface area contributed by atoms with Crippen molar-refractivity contribution in [1.29, 1.82) is 0 Å². The zero-order valence-electron chi connectivity index (χ0n) is 24.9. The van der Waals surface area contributed by atoms with E-state index >= 15 is 0 Å². The van der Waals surface area contributed by atoms with Gasteiger partial charge in [-0.25, -0.2) is 18.6 Å². The first-order valence-corrected chi connectivity index (χ1v) is 15.5. The number of esters is 2. The number of benzene rings is 3. The third-order valence-corrected chi connectivity index (χ3v) is 7.51. The normalized spacial score (nSPS) is 21.0. The second-order valence-corrected chi connectivity index (χ2v) is 11.6. The maximum absolute atomic E-state index is 13.4. The van der Waals surface area contributed by atoms with Gasteiger partial charge in [0.15, 0.2) is 12.2 Å². The number of carbonyl (C=O) groups excluding carboxylic acids is 3. The molecule has 1 aliphatic heterocycles. The van der Waals surface area contributed by atoms with Crippen LogP contribution in [0.1, 0.15) is 33.2 Å². The first kappa shape index (κ1) is 33.3. The lowest BCUT2D eigenvalue weighted by Crippen LogP contribution is -2.67. The van der Waals surface area contributed by atoms with Crippen LogP contribution in [0, 0.1) is 6.92 Å². The summed E-state index contributed by atoms with van der Waals surface area (Å²) < 4.78 is 66.1. The van der Waals surface area contributed by atoms with Crippen molar-refractivity contribution in [3.8, 4) is 5.75 Å². The molecule has 5 atom stereocenters. The molecule has 0 spiro atoms. The molecule has 3 aromatic carbocycles. The number of aryl methyl sites for hydroxylation is 1. The van der Waals surface area contributed by atoms with Crippen molar-refractivity contribution >= 4 is 39.2 Å². The molecule has 1 saturated heterocycles. The van der Waals surface area contributed by atoms with E-state index < -0.39 is 71.1 Å². The molecule has 1 amide bonds. The van der Waals surface area contributed by atoms with Crippen LogP contribution in [-0.4, -0.2) is 68.1 Å². The highest BCUT2D eigenvalue weighted by atomic mass is 32.3. The number of ether oxygens (including phenoxy) is 4. The van der Waals surface area contributed by atoms with Crippen molar-refractivity contribution in [2.24, 2.45) is 0 Å². The molecule has 1 fully saturated rings. The molecule has 1 aliphatic rings. The molecule has 0 bridgehead atoms. The summed E-state index contributed by atoms with van der Waals surface area (Å²) in [7, 11) is -5.03. The molecule has 246 valence electrons. The summed E-state index contributed by atoms with van der Waals surface area (Å²) in [6.07, 6.45) is -6.31. The minimum absolute atomic E-state index is 0.0777. The van der Waals surface area contributed by atoms with E-state index in [1.807, 2.05) is 0 Å². The SMILES string of the molecule is CC(=O)NC1C(Oc2ccc3c(C)cc(=O)oc3c2)OC(COS(=O)(=O)O)C(OC(=O)c2ccccc2)C1OC(=O)c1ccccc1. The molecule has 2 heterocycles. The number of nitrogens with one attached hydrogen (secondary N) is 1. The van der Waals surface area contributed by atoms with E-state index in [-0.39, 0.29) is 22.5 Å². The Morgan fingerprint density at radius 1 is 0.872 bits per heavy atom. The Bertz CT molecular complexity index is 1930. The fourth-order valence-electron chi connectivity index (χ4n) is 5.01. The Kier molecular flexibility index (Phi) is 10.0. The minimum Gasteiger partial charge on any atom is -0.462 e. The van der Waals surface area contributed by atoms with Crippen LogP contribution >= 0.6 is 0 Å². The van der Waals surface area contributed by atoms with Gasteiger partial charge in [-0.3, -0.25) is 9.35 Å². The first-order valence-electron chi connectivity index (χ1n) is 14.2. The number of hydrogen-bond acceptors (Lipinski definition) is 12. The quantitative estimate of drug-likeness (QED) is 0.143. The third-order valence-electron chi connectivity index (χ3n) is 7.08. The van der Waals surface area contributed by atoms with Crippen LogP contribution < -0.4 is 15.7 Å². The number of carbonyl (C=O) groups is 3. The molecule has 14 nitrogen and oxygen atoms in total. The van der Waals surface area contributed by atoms with E-state index in [1.54, 1.807) is 49.4 Å². The van der Waals surface area contributed by atoms with Crippen LogP contribution in [0.3, 0.4) is 0 Å². The van der Waals surface area contributed by atoms with Crippen LogP contribution in [-0.2, 0) is 33.6 Å². The minimum atomic E-state index is -5.03. The van der Waals surface area contributed by atoms with Crippen LogP contribution in [0.25, 0.3) is 11.0 Å². The van der Waals surface area contributed by atoms with E-state index in [0.717, 1.165) is 0 Å². The van der Waals surface area contributed by atoms with Gasteiger partial charge in [0.25, 0.3) is 0 Å². The topological polar surface area (TPSA) is 194 Å². The van der Waals surface area contributed by atoms with Crippen LogP contribution in [0.4, 0.5) is 0 Å². The molecule has 15 heteroatoms. The Balaban J connectivity index is 1.58. The smallest absolute Gasteiger partial charge is 0.397 e. The summed E-state index contributed by atoms with van der Waals surface area (Å²) in [6, 6.07) is 20.0. The van der Waals surface area contributed by atoms with Gasteiger partial charge in [-0.05, 0) is 48.9 Å². The Hall–Kier alpha value is -5.09. The fourth-order valence-corrected chi connectivity index (χ4v) is 5.31. The largest absolute Gasteiger partial charge is 0.462 e. The van der Waals surface area contributed by atoms with Gasteiger partial charge in [-0.15, -0.1) is 0 Å². The predicted octanol–water partition coefficient (Wildman–Crippen LogP) is 2.98. The summed E-state index contributed by atoms with van der Waals surface area (Å²) in [4.78, 5) is 51.1. The van der Waals surface area contributed by atoms with Gasteiger partial charge in [-0.1, -0.05) is 36.4 Å². The van der Waals surface area contributed by atoms with Gasteiger partial charge in [-0.2, -0.15) is 8.42 Å². The summed E-state index contributed by atoms with van der Waals surface area (Å²) in [6.45, 7) is 1.97. The van der Waals surface area contributed by atoms with Crippen LogP contribution in [0.5, 0.6) is 5.75 Å². The zero-order valence-corrected chi connectivity index (χ0v) is 25.7. The summed E-state index contributed by atoms with van der Waals surface area (Å²) in [5.41, 5.74) is 0.420. The maximum atomic E-state index is 13.4. The van der Waals surface area contributed by atoms with E-state index in [4.69, 9.17) is 23.4 Å². The zero-order chi connectivity index (χ0) is 33.7. The number of amides is 1. The Morgan fingerprint density at radius 2 is 1.47 bits per heavy atom. The summed E-state index contributed by atoms with van der Waals surface area (Å²) in [5, 5.41) is 3.22. The number of hydrogen-bond donors (Lipinski definition) is 2. The van der Waals surface area contributed by atoms with Gasteiger partial charge in [0.05, 0.1) is 17.7 Å². The highest BCUT2D eigenvalue weighted by Gasteiger charge is 2.52. The second-order valence-electron chi connectivity index (χ2n) is 10.5. The molecule has 5 unspecified atom stereocenters. The van der Waals surface area contributed by atoms with Gasteiger partial charge in [0.1, 0.15) is 23.5 Å². The van der Waals surface area contributed by atoms with E-state index in [0.29, 0.717) is 10.9 Å². The standard InChI is InChI=1S/C32H29NO13S/c1-18-15-26(35)43-24-16-22(13-14-23(18)24)42-32-27(33-19(2)34)29(46-31(37)21-11-7-4-8-12-21)28(25(44-32)17-41-47(38,39)40)45-30(36)20-9-5-3-6-10-20/h3-16,25,27-29,32H,17H2,1-2H3,(H,33,34)(H,38,39,40). The molecular weight excluding hydrogens is 638 g/mol. The van der Waals surface area contributed by atoms with Crippen LogP contribution in [0.2, 0.25) is 0 Å². The van der Waals surface area contributed by atoms with E-state index in [1.165, 1.54) is 49.4 Å². The van der Waals surface area contributed by atoms with Crippen molar-refractivity contribution in [2.75, 3.05) is 6.61 Å². The maximum Gasteiger partial charge on any atom is 0.397 e. The fraction of sp³-hybridized carbons (Fsp3) is 0.250. The Morgan fingerprint density at radius 3 is 2.04 bits per heavy atom. The average Bonchev–Trinajstić information content (AvgIpc) is 3.02. The van der Waals surface area contributed by atoms with Crippen molar-refractivity contribution in [1.82, 2.24) is 5.32 Å². The second kappa shape index (κ2) is 14.1. The third kappa shape index (κ3) is 8.39. The van der Waals surface area contributed by atoms with Gasteiger partial charge >= 0.3 is 28.0 Å². The lowest BCUT2D eigenvalue weighted by atomic mass is 9.95. The van der Waals surface area contributed by atoms with Gasteiger partial charge < -0.3 is 28.7 Å². The molecule has 0 saturated carbocycles. The van der Waals surface area contributed by atoms with E-state index in [2.05, 4.69) is 9.50 Å². The molecule has 2 N–H and O–H groups in total. The van der Waals surface area contributed by atoms with Crippen molar-refractivity contribution in [3.63, 3.8) is 0 Å². The van der Waals surface area contributed by atoms with Crippen molar-refractivity contribution in [3.05, 3.63) is 112 Å². The predicted molar refractivity (Wildman–Crippen MR) is 163 cm³/mol. The Labute approximate surface area is 268 Å². The molecule has 1 aromatic heterocycles. The molecule has 0 aliphatic carbocycles. The highest BCUT2D eigenvalue weighted by molar-refractivity contribution is 7.80. The van der Waals surface area contributed by atoms with Crippen molar-refractivity contribution < 1.29 is 54.9 Å². The molecule has 0 radical (unpaired) electrons. The molecule has 5 rings (SSSR count). The average molecular weight is 668 g/mol. The summed E-state index contributed by atoms with van der Waals surface area (Å²) in [5.74, 6) is -2.33. The molecule has 4 aromatic rings. The molecule has 47 heavy (non-hydrogen) atoms. The number of rotatable bonds is 10. The van der Waals surface area contributed by atoms with E-state index in [9.17, 15) is 32.1 Å². The lowest BCUT2D eigenvalue weighted by molar-refractivity contribution is -0.242.